The van der Waals surface area contributed by atoms with Crippen molar-refractivity contribution < 1.29 is 0 Å². The molecule has 0 spiro atoms. The van der Waals surface area contributed by atoms with Gasteiger partial charge in [-0.2, -0.15) is 0 Å². The molecule has 1 aromatic heterocycles. The fourth-order valence-corrected chi connectivity index (χ4v) is 2.64. The van der Waals surface area contributed by atoms with E-state index in [2.05, 4.69) is 63.6 Å². The van der Waals surface area contributed by atoms with E-state index in [1.807, 2.05) is 17.9 Å². The summed E-state index contributed by atoms with van der Waals surface area (Å²) in [5.74, 6) is 0. The molecule has 1 aromatic carbocycles. The Morgan fingerprint density at radius 3 is 2.89 bits per heavy atom. The summed E-state index contributed by atoms with van der Waals surface area (Å²) < 4.78 is 3.06. The molecule has 0 saturated heterocycles. The van der Waals surface area contributed by atoms with Gasteiger partial charge in [0.25, 0.3) is 0 Å². The summed E-state index contributed by atoms with van der Waals surface area (Å²) in [7, 11) is 1.97. The van der Waals surface area contributed by atoms with Gasteiger partial charge in [-0.1, -0.05) is 34.1 Å². The number of nitrogens with one attached hydrogen (secondary N) is 1. The Balaban J connectivity index is 2.44. The lowest BCUT2D eigenvalue weighted by atomic mass is 9.99. The summed E-state index contributed by atoms with van der Waals surface area (Å²) in [6.45, 7) is 5.16. The molecule has 19 heavy (non-hydrogen) atoms. The molecule has 2 rings (SSSR count). The SMILES string of the molecule is CCCn1nncc1C(NC)c1cc(Br)ccc1C. The van der Waals surface area contributed by atoms with E-state index >= 15 is 0 Å². The minimum absolute atomic E-state index is 0.110. The van der Waals surface area contributed by atoms with E-state index in [4.69, 9.17) is 0 Å². The first-order valence-electron chi connectivity index (χ1n) is 6.49. The predicted molar refractivity (Wildman–Crippen MR) is 80.1 cm³/mol. The zero-order valence-corrected chi connectivity index (χ0v) is 13.1. The minimum atomic E-state index is 0.110. The number of halogens is 1. The van der Waals surface area contributed by atoms with Crippen molar-refractivity contribution in [3.63, 3.8) is 0 Å². The molecular weight excluding hydrogens is 304 g/mol. The maximum atomic E-state index is 4.17. The first-order chi connectivity index (χ1) is 9.17. The van der Waals surface area contributed by atoms with E-state index in [9.17, 15) is 0 Å². The van der Waals surface area contributed by atoms with Crippen LogP contribution in [0.15, 0.2) is 28.9 Å². The Morgan fingerprint density at radius 1 is 1.42 bits per heavy atom. The van der Waals surface area contributed by atoms with Crippen molar-refractivity contribution >= 4 is 15.9 Å². The Labute approximate surface area is 122 Å². The number of hydrogen-bond acceptors (Lipinski definition) is 3. The third-order valence-corrected chi connectivity index (χ3v) is 3.71. The molecule has 0 aliphatic rings. The summed E-state index contributed by atoms with van der Waals surface area (Å²) >= 11 is 3.54. The maximum absolute atomic E-state index is 4.17. The average Bonchev–Trinajstić information content (AvgIpc) is 2.83. The highest BCUT2D eigenvalue weighted by molar-refractivity contribution is 9.10. The van der Waals surface area contributed by atoms with Crippen LogP contribution >= 0.6 is 15.9 Å². The van der Waals surface area contributed by atoms with Crippen molar-refractivity contribution in [2.75, 3.05) is 7.05 Å². The summed E-state index contributed by atoms with van der Waals surface area (Å²) in [5.41, 5.74) is 3.61. The van der Waals surface area contributed by atoms with Crippen LogP contribution < -0.4 is 5.32 Å². The highest BCUT2D eigenvalue weighted by Crippen LogP contribution is 2.27. The summed E-state index contributed by atoms with van der Waals surface area (Å²) in [6, 6.07) is 6.45. The van der Waals surface area contributed by atoms with Crippen molar-refractivity contribution in [3.8, 4) is 0 Å². The van der Waals surface area contributed by atoms with Gasteiger partial charge < -0.3 is 5.32 Å². The molecule has 1 unspecified atom stereocenters. The molecule has 0 saturated carbocycles. The van der Waals surface area contributed by atoms with Crippen molar-refractivity contribution in [2.45, 2.75) is 32.9 Å². The normalized spacial score (nSPS) is 12.6. The van der Waals surface area contributed by atoms with Crippen LogP contribution in [-0.2, 0) is 6.54 Å². The second-order valence-electron chi connectivity index (χ2n) is 4.60. The summed E-state index contributed by atoms with van der Waals surface area (Å²) in [4.78, 5) is 0. The molecule has 0 amide bonds. The molecule has 102 valence electrons. The van der Waals surface area contributed by atoms with Gasteiger partial charge in [0.15, 0.2) is 0 Å². The standard InChI is InChI=1S/C14H19BrN4/c1-4-7-19-13(9-17-18-19)14(16-3)12-8-11(15)6-5-10(12)2/h5-6,8-9,14,16H,4,7H2,1-3H3. The molecule has 1 heterocycles. The van der Waals surface area contributed by atoms with Crippen LogP contribution in [-0.4, -0.2) is 22.0 Å². The Bertz CT molecular complexity index is 550. The van der Waals surface area contributed by atoms with Crippen LogP contribution in [0.5, 0.6) is 0 Å². The van der Waals surface area contributed by atoms with Gasteiger partial charge in [-0.25, -0.2) is 4.68 Å². The van der Waals surface area contributed by atoms with Gasteiger partial charge >= 0.3 is 0 Å². The first kappa shape index (κ1) is 14.2. The molecular formula is C14H19BrN4. The lowest BCUT2D eigenvalue weighted by Gasteiger charge is -2.19. The highest BCUT2D eigenvalue weighted by atomic mass is 79.9. The van der Waals surface area contributed by atoms with Crippen molar-refractivity contribution in [1.82, 2.24) is 20.3 Å². The molecule has 5 heteroatoms. The third kappa shape index (κ3) is 3.04. The van der Waals surface area contributed by atoms with Gasteiger partial charge in [-0.05, 0) is 43.7 Å². The summed E-state index contributed by atoms with van der Waals surface area (Å²) in [5, 5.41) is 11.6. The van der Waals surface area contributed by atoms with Gasteiger partial charge in [0.1, 0.15) is 0 Å². The Morgan fingerprint density at radius 2 is 2.21 bits per heavy atom. The van der Waals surface area contributed by atoms with Gasteiger partial charge in [-0.15, -0.1) is 5.10 Å². The van der Waals surface area contributed by atoms with E-state index in [0.29, 0.717) is 0 Å². The van der Waals surface area contributed by atoms with Crippen LogP contribution in [0.1, 0.15) is 36.2 Å². The third-order valence-electron chi connectivity index (χ3n) is 3.22. The highest BCUT2D eigenvalue weighted by Gasteiger charge is 2.19. The zero-order chi connectivity index (χ0) is 13.8. The number of hydrogen-bond donors (Lipinski definition) is 1. The van der Waals surface area contributed by atoms with E-state index in [1.54, 1.807) is 0 Å². The number of benzene rings is 1. The lowest BCUT2D eigenvalue weighted by molar-refractivity contribution is 0.522. The zero-order valence-electron chi connectivity index (χ0n) is 11.5. The quantitative estimate of drug-likeness (QED) is 0.919. The van der Waals surface area contributed by atoms with Crippen LogP contribution in [0.3, 0.4) is 0 Å². The predicted octanol–water partition coefficient (Wildman–Crippen LogP) is 3.07. The maximum Gasteiger partial charge on any atom is 0.0802 e. The second kappa shape index (κ2) is 6.30. The second-order valence-corrected chi connectivity index (χ2v) is 5.52. The fourth-order valence-electron chi connectivity index (χ4n) is 2.26. The minimum Gasteiger partial charge on any atom is -0.308 e. The van der Waals surface area contributed by atoms with Gasteiger partial charge in [0, 0.05) is 11.0 Å². The van der Waals surface area contributed by atoms with Gasteiger partial charge in [-0.3, -0.25) is 0 Å². The fraction of sp³-hybridized carbons (Fsp3) is 0.429. The van der Waals surface area contributed by atoms with E-state index in [-0.39, 0.29) is 6.04 Å². The smallest absolute Gasteiger partial charge is 0.0802 e. The van der Waals surface area contributed by atoms with E-state index < -0.39 is 0 Å². The lowest BCUT2D eigenvalue weighted by Crippen LogP contribution is -2.22. The van der Waals surface area contributed by atoms with Crippen molar-refractivity contribution in [1.29, 1.82) is 0 Å². The van der Waals surface area contributed by atoms with Crippen LogP contribution in [0.25, 0.3) is 0 Å². The molecule has 0 fully saturated rings. The van der Waals surface area contributed by atoms with E-state index in [1.165, 1.54) is 11.1 Å². The van der Waals surface area contributed by atoms with Crippen molar-refractivity contribution in [2.24, 2.45) is 0 Å². The molecule has 0 aliphatic carbocycles. The van der Waals surface area contributed by atoms with Gasteiger partial charge in [0.2, 0.25) is 0 Å². The molecule has 2 aromatic rings. The average molecular weight is 323 g/mol. The number of rotatable bonds is 5. The Kier molecular flexibility index (Phi) is 4.71. The topological polar surface area (TPSA) is 42.7 Å². The summed E-state index contributed by atoms with van der Waals surface area (Å²) in [6.07, 6.45) is 2.89. The number of aryl methyl sites for hydroxylation is 2. The molecule has 1 N–H and O–H groups in total. The number of nitrogens with zero attached hydrogens (tertiary/aromatic N) is 3. The Hall–Kier alpha value is -1.20. The molecule has 0 aliphatic heterocycles. The van der Waals surface area contributed by atoms with Crippen LogP contribution in [0.2, 0.25) is 0 Å². The number of aromatic nitrogens is 3. The monoisotopic (exact) mass is 322 g/mol. The molecule has 0 radical (unpaired) electrons. The van der Waals surface area contributed by atoms with Crippen molar-refractivity contribution in [3.05, 3.63) is 45.7 Å². The van der Waals surface area contributed by atoms with E-state index in [0.717, 1.165) is 23.1 Å². The molecule has 1 atom stereocenters. The van der Waals surface area contributed by atoms with Gasteiger partial charge in [0.05, 0.1) is 17.9 Å². The molecule has 0 bridgehead atoms. The van der Waals surface area contributed by atoms with Crippen LogP contribution in [0.4, 0.5) is 0 Å². The first-order valence-corrected chi connectivity index (χ1v) is 7.28. The van der Waals surface area contributed by atoms with Crippen LogP contribution in [0, 0.1) is 6.92 Å². The largest absolute Gasteiger partial charge is 0.308 e. The molecule has 4 nitrogen and oxygen atoms in total.